The van der Waals surface area contributed by atoms with Crippen LogP contribution in [0.15, 0.2) is 24.3 Å². The average molecular weight is 302 g/mol. The molecule has 21 heavy (non-hydrogen) atoms. The monoisotopic (exact) mass is 302 g/mol. The summed E-state index contributed by atoms with van der Waals surface area (Å²) in [6.07, 6.45) is -3.20. The van der Waals surface area contributed by atoms with Gasteiger partial charge in [-0.05, 0) is 37.6 Å². The number of alkyl halides is 3. The van der Waals surface area contributed by atoms with Crippen LogP contribution in [0.25, 0.3) is 0 Å². The number of nitrogens with one attached hydrogen (secondary N) is 1. The van der Waals surface area contributed by atoms with Crippen molar-refractivity contribution in [2.24, 2.45) is 0 Å². The van der Waals surface area contributed by atoms with Crippen molar-refractivity contribution in [2.75, 3.05) is 26.2 Å². The van der Waals surface area contributed by atoms with Gasteiger partial charge >= 0.3 is 6.18 Å². The number of nitrogens with zero attached hydrogens (tertiary/aromatic N) is 1. The van der Waals surface area contributed by atoms with Crippen molar-refractivity contribution in [3.8, 4) is 0 Å². The number of rotatable bonds is 8. The topological polar surface area (TPSA) is 15.3 Å². The third kappa shape index (κ3) is 6.48. The first-order valence-corrected chi connectivity index (χ1v) is 7.45. The Bertz CT molecular complexity index is 418. The van der Waals surface area contributed by atoms with Crippen LogP contribution in [0.3, 0.4) is 0 Å². The molecular weight excluding hydrogens is 277 g/mol. The fraction of sp³-hybridized carbons (Fsp3) is 0.625. The summed E-state index contributed by atoms with van der Waals surface area (Å²) < 4.78 is 37.8. The summed E-state index contributed by atoms with van der Waals surface area (Å²) in [6.45, 7) is 6.49. The molecule has 0 saturated carbocycles. The van der Waals surface area contributed by atoms with Crippen LogP contribution in [0.5, 0.6) is 0 Å². The molecule has 1 rings (SSSR count). The minimum absolute atomic E-state index is 0.0755. The molecule has 0 fully saturated rings. The van der Waals surface area contributed by atoms with Gasteiger partial charge in [-0.15, -0.1) is 0 Å². The van der Waals surface area contributed by atoms with E-state index in [9.17, 15) is 13.2 Å². The number of halogens is 3. The first-order chi connectivity index (χ1) is 9.87. The van der Waals surface area contributed by atoms with Gasteiger partial charge in [0.05, 0.1) is 6.54 Å². The second-order valence-corrected chi connectivity index (χ2v) is 5.31. The molecule has 0 aromatic heterocycles. The van der Waals surface area contributed by atoms with Gasteiger partial charge in [0.1, 0.15) is 0 Å². The van der Waals surface area contributed by atoms with E-state index in [1.807, 2.05) is 31.2 Å². The number of hydrogen-bond donors (Lipinski definition) is 1. The van der Waals surface area contributed by atoms with Crippen molar-refractivity contribution in [2.45, 2.75) is 39.4 Å². The first kappa shape index (κ1) is 18.0. The van der Waals surface area contributed by atoms with Crippen LogP contribution in [-0.2, 0) is 0 Å². The van der Waals surface area contributed by atoms with Crippen molar-refractivity contribution in [1.82, 2.24) is 10.2 Å². The summed E-state index contributed by atoms with van der Waals surface area (Å²) in [5, 5.41) is 3.37. The molecule has 1 N–H and O–H groups in total. The van der Waals surface area contributed by atoms with Crippen LogP contribution >= 0.6 is 0 Å². The van der Waals surface area contributed by atoms with Crippen molar-refractivity contribution in [1.29, 1.82) is 0 Å². The van der Waals surface area contributed by atoms with Crippen LogP contribution < -0.4 is 5.32 Å². The summed E-state index contributed by atoms with van der Waals surface area (Å²) in [5.74, 6) is 0. The molecule has 1 aromatic carbocycles. The minimum atomic E-state index is -4.16. The summed E-state index contributed by atoms with van der Waals surface area (Å²) in [4.78, 5) is 1.44. The Hall–Kier alpha value is -1.07. The molecule has 0 spiro atoms. The second kappa shape index (κ2) is 8.39. The van der Waals surface area contributed by atoms with E-state index in [2.05, 4.69) is 12.2 Å². The Morgan fingerprint density at radius 1 is 1.19 bits per heavy atom. The molecule has 0 bridgehead atoms. The fourth-order valence-electron chi connectivity index (χ4n) is 2.39. The summed E-state index contributed by atoms with van der Waals surface area (Å²) >= 11 is 0. The lowest BCUT2D eigenvalue weighted by atomic mass is 10.0. The average Bonchev–Trinajstić information content (AvgIpc) is 2.41. The molecule has 0 aliphatic rings. The molecular formula is C16H25F3N2. The van der Waals surface area contributed by atoms with Gasteiger partial charge in [0.25, 0.3) is 0 Å². The first-order valence-electron chi connectivity index (χ1n) is 7.45. The molecule has 0 saturated heterocycles. The fourth-order valence-corrected chi connectivity index (χ4v) is 2.39. The largest absolute Gasteiger partial charge is 0.401 e. The molecule has 1 unspecified atom stereocenters. The maximum atomic E-state index is 12.6. The van der Waals surface area contributed by atoms with Gasteiger partial charge in [-0.3, -0.25) is 4.90 Å². The molecule has 120 valence electrons. The third-order valence-electron chi connectivity index (χ3n) is 3.50. The van der Waals surface area contributed by atoms with E-state index >= 15 is 0 Å². The molecule has 0 aliphatic carbocycles. The zero-order chi connectivity index (χ0) is 15.9. The molecule has 2 nitrogen and oxygen atoms in total. The van der Waals surface area contributed by atoms with Crippen molar-refractivity contribution < 1.29 is 13.2 Å². The second-order valence-electron chi connectivity index (χ2n) is 5.31. The highest BCUT2D eigenvalue weighted by molar-refractivity contribution is 5.29. The van der Waals surface area contributed by atoms with Gasteiger partial charge in [0, 0.05) is 12.6 Å². The van der Waals surface area contributed by atoms with Crippen LogP contribution in [0.4, 0.5) is 13.2 Å². The Labute approximate surface area is 125 Å². The maximum absolute atomic E-state index is 12.6. The maximum Gasteiger partial charge on any atom is 0.401 e. The minimum Gasteiger partial charge on any atom is -0.309 e. The highest BCUT2D eigenvalue weighted by atomic mass is 19.4. The van der Waals surface area contributed by atoms with E-state index in [4.69, 9.17) is 0 Å². The van der Waals surface area contributed by atoms with Crippen LogP contribution in [0.1, 0.15) is 37.4 Å². The lowest BCUT2D eigenvalue weighted by molar-refractivity contribution is -0.146. The molecule has 1 aromatic rings. The SMILES string of the molecule is CCCNC(CN(CC)CC(F)(F)F)c1ccccc1C. The lowest BCUT2D eigenvalue weighted by Crippen LogP contribution is -2.40. The van der Waals surface area contributed by atoms with Gasteiger partial charge in [0.15, 0.2) is 0 Å². The lowest BCUT2D eigenvalue weighted by Gasteiger charge is -2.29. The van der Waals surface area contributed by atoms with Crippen molar-refractivity contribution >= 4 is 0 Å². The molecule has 0 amide bonds. The molecule has 0 aliphatic heterocycles. The smallest absolute Gasteiger partial charge is 0.309 e. The number of hydrogen-bond acceptors (Lipinski definition) is 2. The zero-order valence-corrected chi connectivity index (χ0v) is 13.0. The Balaban J connectivity index is 2.84. The predicted octanol–water partition coefficient (Wildman–Crippen LogP) is 3.92. The van der Waals surface area contributed by atoms with E-state index in [0.29, 0.717) is 13.1 Å². The Morgan fingerprint density at radius 3 is 2.38 bits per heavy atom. The summed E-state index contributed by atoms with van der Waals surface area (Å²) in [6, 6.07) is 7.79. The zero-order valence-electron chi connectivity index (χ0n) is 13.0. The van der Waals surface area contributed by atoms with E-state index in [0.717, 1.165) is 24.1 Å². The van der Waals surface area contributed by atoms with Crippen LogP contribution in [0, 0.1) is 6.92 Å². The molecule has 5 heteroatoms. The van der Waals surface area contributed by atoms with Crippen molar-refractivity contribution in [3.05, 3.63) is 35.4 Å². The highest BCUT2D eigenvalue weighted by Crippen LogP contribution is 2.22. The normalized spacial score (nSPS) is 13.7. The van der Waals surface area contributed by atoms with Gasteiger partial charge < -0.3 is 5.32 Å². The number of likely N-dealkylation sites (N-methyl/N-ethyl adjacent to an activating group) is 1. The van der Waals surface area contributed by atoms with Crippen molar-refractivity contribution in [3.63, 3.8) is 0 Å². The molecule has 1 atom stereocenters. The molecule has 0 heterocycles. The van der Waals surface area contributed by atoms with E-state index in [1.54, 1.807) is 6.92 Å². The predicted molar refractivity (Wildman–Crippen MR) is 80.4 cm³/mol. The number of aryl methyl sites for hydroxylation is 1. The molecule has 0 radical (unpaired) electrons. The van der Waals surface area contributed by atoms with Gasteiger partial charge in [-0.25, -0.2) is 0 Å². The standard InChI is InChI=1S/C16H25F3N2/c1-4-10-20-15(14-9-7-6-8-13(14)3)11-21(5-2)12-16(17,18)19/h6-9,15,20H,4-5,10-12H2,1-3H3. The highest BCUT2D eigenvalue weighted by Gasteiger charge is 2.31. The van der Waals surface area contributed by atoms with E-state index in [1.165, 1.54) is 4.90 Å². The number of benzene rings is 1. The van der Waals surface area contributed by atoms with Gasteiger partial charge in [-0.1, -0.05) is 38.1 Å². The van der Waals surface area contributed by atoms with Crippen LogP contribution in [0.2, 0.25) is 0 Å². The van der Waals surface area contributed by atoms with E-state index < -0.39 is 12.7 Å². The van der Waals surface area contributed by atoms with Crippen LogP contribution in [-0.4, -0.2) is 37.3 Å². The Morgan fingerprint density at radius 2 is 1.86 bits per heavy atom. The quantitative estimate of drug-likeness (QED) is 0.783. The van der Waals surface area contributed by atoms with E-state index in [-0.39, 0.29) is 6.04 Å². The summed E-state index contributed by atoms with van der Waals surface area (Å²) in [7, 11) is 0. The van der Waals surface area contributed by atoms with Gasteiger partial charge in [0.2, 0.25) is 0 Å². The third-order valence-corrected chi connectivity index (χ3v) is 3.50. The van der Waals surface area contributed by atoms with Gasteiger partial charge in [-0.2, -0.15) is 13.2 Å². The Kier molecular flexibility index (Phi) is 7.18. The summed E-state index contributed by atoms with van der Waals surface area (Å²) in [5.41, 5.74) is 2.18.